The molecule has 0 fully saturated rings. The number of thioether (sulfide) groups is 1. The lowest BCUT2D eigenvalue weighted by molar-refractivity contribution is 1.31. The van der Waals surface area contributed by atoms with E-state index in [1.54, 1.807) is 30.5 Å². The number of anilines is 1. The van der Waals surface area contributed by atoms with E-state index in [4.69, 9.17) is 22.3 Å². The molecule has 0 heterocycles. The Labute approximate surface area is 91.8 Å². The lowest BCUT2D eigenvalue weighted by Gasteiger charge is -2.14. The zero-order valence-corrected chi connectivity index (χ0v) is 9.06. The van der Waals surface area contributed by atoms with Crippen LogP contribution in [0, 0.1) is 16.9 Å². The van der Waals surface area contributed by atoms with Crippen LogP contribution in [0.15, 0.2) is 24.3 Å². The minimum atomic E-state index is 0.190. The molecule has 0 bridgehead atoms. The standard InChI is InChI=1S/C9H8ClN3S/c1-14-9(12)13(6-11)8-4-2-7(10)3-5-8/h2-5,12H,1H3. The largest absolute Gasteiger partial charge is 0.278 e. The third kappa shape index (κ3) is 2.41. The van der Waals surface area contributed by atoms with Crippen LogP contribution in [-0.2, 0) is 0 Å². The third-order valence-electron chi connectivity index (χ3n) is 1.58. The Morgan fingerprint density at radius 3 is 2.50 bits per heavy atom. The second kappa shape index (κ2) is 4.89. The van der Waals surface area contributed by atoms with Crippen LogP contribution >= 0.6 is 23.4 Å². The fraction of sp³-hybridized carbons (Fsp3) is 0.111. The zero-order chi connectivity index (χ0) is 10.6. The minimum absolute atomic E-state index is 0.190. The normalized spacial score (nSPS) is 9.21. The number of benzene rings is 1. The molecule has 0 aromatic heterocycles. The summed E-state index contributed by atoms with van der Waals surface area (Å²) in [5, 5.41) is 17.2. The Bertz CT molecular complexity index is 369. The lowest BCUT2D eigenvalue weighted by atomic mass is 10.3. The Morgan fingerprint density at radius 2 is 2.07 bits per heavy atom. The molecular formula is C9H8ClN3S. The highest BCUT2D eigenvalue weighted by Crippen LogP contribution is 2.19. The molecule has 0 saturated heterocycles. The smallest absolute Gasteiger partial charge is 0.191 e. The van der Waals surface area contributed by atoms with Gasteiger partial charge in [-0.15, -0.1) is 0 Å². The van der Waals surface area contributed by atoms with Crippen molar-refractivity contribution in [3.8, 4) is 6.19 Å². The maximum Gasteiger partial charge on any atom is 0.191 e. The van der Waals surface area contributed by atoms with E-state index in [0.717, 1.165) is 0 Å². The molecule has 72 valence electrons. The van der Waals surface area contributed by atoms with Crippen LogP contribution in [0.5, 0.6) is 0 Å². The van der Waals surface area contributed by atoms with Gasteiger partial charge < -0.3 is 0 Å². The van der Waals surface area contributed by atoms with E-state index in [1.807, 2.05) is 6.19 Å². The summed E-state index contributed by atoms with van der Waals surface area (Å²) in [6, 6.07) is 6.79. The van der Waals surface area contributed by atoms with Crippen LogP contribution in [-0.4, -0.2) is 11.4 Å². The van der Waals surface area contributed by atoms with Gasteiger partial charge in [-0.05, 0) is 30.5 Å². The van der Waals surface area contributed by atoms with Crippen molar-refractivity contribution in [2.24, 2.45) is 0 Å². The van der Waals surface area contributed by atoms with Gasteiger partial charge in [0, 0.05) is 5.02 Å². The molecule has 1 aromatic rings. The summed E-state index contributed by atoms with van der Waals surface area (Å²) in [6.07, 6.45) is 3.69. The molecule has 0 saturated carbocycles. The van der Waals surface area contributed by atoms with Gasteiger partial charge in [0.1, 0.15) is 0 Å². The first-order chi connectivity index (χ1) is 6.69. The number of rotatable bonds is 1. The summed E-state index contributed by atoms with van der Waals surface area (Å²) in [5.41, 5.74) is 0.649. The fourth-order valence-electron chi connectivity index (χ4n) is 0.902. The van der Waals surface area contributed by atoms with Crippen molar-refractivity contribution in [2.45, 2.75) is 0 Å². The van der Waals surface area contributed by atoms with E-state index in [1.165, 1.54) is 16.7 Å². The molecule has 0 amide bonds. The summed E-state index contributed by atoms with van der Waals surface area (Å²) in [7, 11) is 0. The molecule has 1 N–H and O–H groups in total. The van der Waals surface area contributed by atoms with Crippen molar-refractivity contribution >= 4 is 34.2 Å². The Hall–Kier alpha value is -1.18. The van der Waals surface area contributed by atoms with Gasteiger partial charge in [0.25, 0.3) is 0 Å². The van der Waals surface area contributed by atoms with E-state index in [-0.39, 0.29) is 5.17 Å². The van der Waals surface area contributed by atoms with Crippen LogP contribution in [0.2, 0.25) is 5.02 Å². The molecular weight excluding hydrogens is 218 g/mol. The first-order valence-corrected chi connectivity index (χ1v) is 5.37. The minimum Gasteiger partial charge on any atom is -0.278 e. The second-order valence-corrected chi connectivity index (χ2v) is 3.65. The molecule has 0 aliphatic rings. The number of amidine groups is 1. The van der Waals surface area contributed by atoms with Crippen LogP contribution in [0.4, 0.5) is 5.69 Å². The van der Waals surface area contributed by atoms with E-state index in [2.05, 4.69) is 0 Å². The summed E-state index contributed by atoms with van der Waals surface area (Å²) in [5.74, 6) is 0. The molecule has 0 aliphatic heterocycles. The van der Waals surface area contributed by atoms with Gasteiger partial charge >= 0.3 is 0 Å². The van der Waals surface area contributed by atoms with Crippen molar-refractivity contribution in [1.82, 2.24) is 0 Å². The third-order valence-corrected chi connectivity index (χ3v) is 2.40. The lowest BCUT2D eigenvalue weighted by Crippen LogP contribution is -2.21. The van der Waals surface area contributed by atoms with Crippen molar-refractivity contribution in [1.29, 1.82) is 10.7 Å². The summed E-state index contributed by atoms with van der Waals surface area (Å²) in [4.78, 5) is 1.24. The van der Waals surface area contributed by atoms with Gasteiger partial charge in [0.05, 0.1) is 5.69 Å². The Kier molecular flexibility index (Phi) is 3.81. The predicted octanol–water partition coefficient (Wildman–Crippen LogP) is 2.93. The van der Waals surface area contributed by atoms with Gasteiger partial charge in [0.15, 0.2) is 11.4 Å². The molecule has 1 aromatic carbocycles. The number of nitrogens with zero attached hydrogens (tertiary/aromatic N) is 2. The first-order valence-electron chi connectivity index (χ1n) is 3.77. The highest BCUT2D eigenvalue weighted by molar-refractivity contribution is 8.13. The molecule has 0 atom stereocenters. The van der Waals surface area contributed by atoms with Crippen molar-refractivity contribution in [3.05, 3.63) is 29.3 Å². The van der Waals surface area contributed by atoms with E-state index >= 15 is 0 Å². The van der Waals surface area contributed by atoms with Crippen LogP contribution < -0.4 is 4.90 Å². The van der Waals surface area contributed by atoms with E-state index in [9.17, 15) is 0 Å². The van der Waals surface area contributed by atoms with Gasteiger partial charge in [-0.25, -0.2) is 4.90 Å². The predicted molar refractivity (Wildman–Crippen MR) is 60.8 cm³/mol. The fourth-order valence-corrected chi connectivity index (χ4v) is 1.36. The molecule has 0 radical (unpaired) electrons. The molecule has 0 aliphatic carbocycles. The SMILES string of the molecule is CSC(=N)N(C#N)c1ccc(Cl)cc1. The molecule has 3 nitrogen and oxygen atoms in total. The van der Waals surface area contributed by atoms with Crippen molar-refractivity contribution < 1.29 is 0 Å². The summed E-state index contributed by atoms with van der Waals surface area (Å²) >= 11 is 6.92. The van der Waals surface area contributed by atoms with Crippen LogP contribution in [0.1, 0.15) is 0 Å². The zero-order valence-electron chi connectivity index (χ0n) is 7.49. The average Bonchev–Trinajstić information content (AvgIpc) is 2.21. The monoisotopic (exact) mass is 225 g/mol. The summed E-state index contributed by atoms with van der Waals surface area (Å²) in [6.45, 7) is 0. The van der Waals surface area contributed by atoms with Gasteiger partial charge in [-0.1, -0.05) is 23.4 Å². The topological polar surface area (TPSA) is 50.9 Å². The average molecular weight is 226 g/mol. The van der Waals surface area contributed by atoms with Crippen LogP contribution in [0.25, 0.3) is 0 Å². The molecule has 0 spiro atoms. The van der Waals surface area contributed by atoms with E-state index in [0.29, 0.717) is 10.7 Å². The van der Waals surface area contributed by atoms with E-state index < -0.39 is 0 Å². The highest BCUT2D eigenvalue weighted by atomic mass is 35.5. The number of nitrogens with one attached hydrogen (secondary N) is 1. The molecule has 14 heavy (non-hydrogen) atoms. The Balaban J connectivity index is 2.97. The number of hydrogen-bond acceptors (Lipinski definition) is 3. The van der Waals surface area contributed by atoms with Gasteiger partial charge in [-0.2, -0.15) is 5.26 Å². The van der Waals surface area contributed by atoms with Gasteiger partial charge in [0.2, 0.25) is 0 Å². The van der Waals surface area contributed by atoms with Crippen molar-refractivity contribution in [3.63, 3.8) is 0 Å². The van der Waals surface area contributed by atoms with Crippen LogP contribution in [0.3, 0.4) is 0 Å². The molecule has 1 rings (SSSR count). The molecule has 5 heteroatoms. The number of nitriles is 1. The Morgan fingerprint density at radius 1 is 1.50 bits per heavy atom. The highest BCUT2D eigenvalue weighted by Gasteiger charge is 2.09. The number of hydrogen-bond donors (Lipinski definition) is 1. The second-order valence-electron chi connectivity index (χ2n) is 2.42. The number of halogens is 1. The van der Waals surface area contributed by atoms with Crippen molar-refractivity contribution in [2.75, 3.05) is 11.2 Å². The molecule has 0 unspecified atom stereocenters. The first kappa shape index (κ1) is 10.9. The maximum atomic E-state index is 8.84. The maximum absolute atomic E-state index is 8.84. The quantitative estimate of drug-likeness (QED) is 0.346. The van der Waals surface area contributed by atoms with Gasteiger partial charge in [-0.3, -0.25) is 5.41 Å². The summed E-state index contributed by atoms with van der Waals surface area (Å²) < 4.78 is 0.